The number of anilines is 1. The maximum Gasteiger partial charge on any atom is 0.256 e. The lowest BCUT2D eigenvalue weighted by Crippen LogP contribution is -2.16. The van der Waals surface area contributed by atoms with Gasteiger partial charge in [-0.15, -0.1) is 0 Å². The summed E-state index contributed by atoms with van der Waals surface area (Å²) in [6.45, 7) is 1.49. The molecule has 0 spiro atoms. The van der Waals surface area contributed by atoms with Crippen LogP contribution in [0.2, 0.25) is 5.02 Å². The highest BCUT2D eigenvalue weighted by molar-refractivity contribution is 7.92. The summed E-state index contributed by atoms with van der Waals surface area (Å²) in [7, 11) is -3.65. The Balaban J connectivity index is 1.96. The van der Waals surface area contributed by atoms with Crippen molar-refractivity contribution in [1.82, 2.24) is 20.2 Å². The van der Waals surface area contributed by atoms with E-state index in [1.165, 1.54) is 6.92 Å². The summed E-state index contributed by atoms with van der Waals surface area (Å²) in [4.78, 5) is 8.63. The average Bonchev–Trinajstić information content (AvgIpc) is 3.19. The molecule has 0 saturated heterocycles. The van der Waals surface area contributed by atoms with E-state index in [2.05, 4.69) is 24.9 Å². The van der Waals surface area contributed by atoms with E-state index in [4.69, 9.17) is 11.6 Å². The second-order valence-corrected chi connectivity index (χ2v) is 8.68. The smallest absolute Gasteiger partial charge is 0.256 e. The van der Waals surface area contributed by atoms with Gasteiger partial charge in [0.05, 0.1) is 28.2 Å². The summed E-state index contributed by atoms with van der Waals surface area (Å²) < 4.78 is 26.2. The number of benzene rings is 2. The number of halogens is 1. The molecule has 0 atom stereocenters. The van der Waals surface area contributed by atoms with Crippen LogP contribution in [-0.2, 0) is 10.0 Å². The van der Waals surface area contributed by atoms with Crippen LogP contribution in [0.5, 0.6) is 5.88 Å². The largest absolute Gasteiger partial charge is 0.491 e. The standard InChI is InChI=1S/C19H16ClN5O3S/c1-2-29(27,28)25-18-19(26)23-17(16(22-18)11-6-4-3-5-7-11)12-8-13-10-21-24-15(13)14(20)9-12/h3-10H,2H2,1H3,(H,21,24)(H,22,25)(H,23,26). The van der Waals surface area contributed by atoms with Crippen molar-refractivity contribution in [2.45, 2.75) is 6.92 Å². The van der Waals surface area contributed by atoms with E-state index in [1.807, 2.05) is 36.4 Å². The van der Waals surface area contributed by atoms with Gasteiger partial charge in [-0.1, -0.05) is 41.9 Å². The van der Waals surface area contributed by atoms with E-state index in [-0.39, 0.29) is 11.6 Å². The molecule has 3 N–H and O–H groups in total. The fraction of sp³-hybridized carbons (Fsp3) is 0.105. The molecule has 29 heavy (non-hydrogen) atoms. The van der Waals surface area contributed by atoms with Crippen molar-refractivity contribution in [3.8, 4) is 28.4 Å². The number of nitrogens with one attached hydrogen (secondary N) is 2. The summed E-state index contributed by atoms with van der Waals surface area (Å²) in [5.41, 5.74) is 2.75. The van der Waals surface area contributed by atoms with Gasteiger partial charge in [0, 0.05) is 16.5 Å². The van der Waals surface area contributed by atoms with E-state index in [0.717, 1.165) is 5.39 Å². The Morgan fingerprint density at radius 3 is 2.55 bits per heavy atom. The van der Waals surface area contributed by atoms with Gasteiger partial charge < -0.3 is 5.11 Å². The third kappa shape index (κ3) is 3.74. The molecule has 0 aliphatic rings. The SMILES string of the molecule is CCS(=O)(=O)Nc1nc(-c2ccccc2)c(-c2cc(Cl)c3[nH]ncc3c2)nc1O. The van der Waals surface area contributed by atoms with Crippen LogP contribution >= 0.6 is 11.6 Å². The highest BCUT2D eigenvalue weighted by atomic mass is 35.5. The topological polar surface area (TPSA) is 121 Å². The van der Waals surface area contributed by atoms with Crippen LogP contribution in [0.25, 0.3) is 33.4 Å². The lowest BCUT2D eigenvalue weighted by molar-refractivity contribution is 0.454. The predicted octanol–water partition coefficient (Wildman–Crippen LogP) is 3.81. The summed E-state index contributed by atoms with van der Waals surface area (Å²) in [6, 6.07) is 12.7. The van der Waals surface area contributed by atoms with Crippen LogP contribution in [0, 0.1) is 0 Å². The molecule has 0 aliphatic carbocycles. The van der Waals surface area contributed by atoms with Crippen LogP contribution < -0.4 is 4.72 Å². The molecule has 0 saturated carbocycles. The van der Waals surface area contributed by atoms with Gasteiger partial charge in [-0.05, 0) is 19.1 Å². The van der Waals surface area contributed by atoms with Crippen LogP contribution in [0.1, 0.15) is 6.92 Å². The van der Waals surface area contributed by atoms with Gasteiger partial charge >= 0.3 is 0 Å². The first kappa shape index (κ1) is 19.2. The second-order valence-electron chi connectivity index (χ2n) is 6.26. The zero-order chi connectivity index (χ0) is 20.6. The number of rotatable bonds is 5. The van der Waals surface area contributed by atoms with Crippen molar-refractivity contribution in [3.63, 3.8) is 0 Å². The Morgan fingerprint density at radius 1 is 1.10 bits per heavy atom. The summed E-state index contributed by atoms with van der Waals surface area (Å²) in [6.07, 6.45) is 1.63. The van der Waals surface area contributed by atoms with Crippen molar-refractivity contribution in [2.75, 3.05) is 10.5 Å². The van der Waals surface area contributed by atoms with Gasteiger partial charge in [0.2, 0.25) is 15.8 Å². The molecule has 0 fully saturated rings. The monoisotopic (exact) mass is 429 g/mol. The zero-order valence-electron chi connectivity index (χ0n) is 15.2. The average molecular weight is 430 g/mol. The number of sulfonamides is 1. The molecule has 0 aliphatic heterocycles. The molecule has 2 aromatic heterocycles. The molecule has 0 unspecified atom stereocenters. The molecular weight excluding hydrogens is 414 g/mol. The highest BCUT2D eigenvalue weighted by Crippen LogP contribution is 2.36. The van der Waals surface area contributed by atoms with Crippen LogP contribution in [0.4, 0.5) is 5.82 Å². The van der Waals surface area contributed by atoms with Crippen LogP contribution in [0.3, 0.4) is 0 Å². The molecule has 0 amide bonds. The number of H-pyrrole nitrogens is 1. The molecule has 0 bridgehead atoms. The van der Waals surface area contributed by atoms with E-state index in [0.29, 0.717) is 33.1 Å². The quantitative estimate of drug-likeness (QED) is 0.443. The second kappa shape index (κ2) is 7.34. The van der Waals surface area contributed by atoms with Gasteiger partial charge in [0.15, 0.2) is 0 Å². The summed E-state index contributed by atoms with van der Waals surface area (Å²) in [5, 5.41) is 18.4. The van der Waals surface area contributed by atoms with Crippen molar-refractivity contribution < 1.29 is 13.5 Å². The molecule has 2 heterocycles. The predicted molar refractivity (Wildman–Crippen MR) is 112 cm³/mol. The molecule has 2 aromatic carbocycles. The van der Waals surface area contributed by atoms with Gasteiger partial charge in [0.1, 0.15) is 5.69 Å². The number of hydrogen-bond donors (Lipinski definition) is 3. The van der Waals surface area contributed by atoms with Crippen LogP contribution in [-0.4, -0.2) is 39.4 Å². The van der Waals surface area contributed by atoms with Crippen molar-refractivity contribution in [3.05, 3.63) is 53.7 Å². The van der Waals surface area contributed by atoms with Gasteiger partial charge in [-0.25, -0.2) is 18.4 Å². The van der Waals surface area contributed by atoms with Crippen molar-refractivity contribution in [1.29, 1.82) is 0 Å². The minimum atomic E-state index is -3.65. The number of fused-ring (bicyclic) bond motifs is 1. The molecule has 8 nitrogen and oxygen atoms in total. The van der Waals surface area contributed by atoms with E-state index in [9.17, 15) is 13.5 Å². The van der Waals surface area contributed by atoms with E-state index < -0.39 is 15.9 Å². The first-order chi connectivity index (χ1) is 13.9. The Bertz CT molecular complexity index is 1310. The number of aromatic hydroxyl groups is 1. The van der Waals surface area contributed by atoms with Gasteiger partial charge in [-0.2, -0.15) is 5.10 Å². The Morgan fingerprint density at radius 2 is 1.83 bits per heavy atom. The first-order valence-electron chi connectivity index (χ1n) is 8.68. The normalized spacial score (nSPS) is 11.7. The molecule has 148 valence electrons. The lowest BCUT2D eigenvalue weighted by Gasteiger charge is -2.13. The van der Waals surface area contributed by atoms with Crippen molar-refractivity contribution in [2.24, 2.45) is 0 Å². The van der Waals surface area contributed by atoms with E-state index >= 15 is 0 Å². The lowest BCUT2D eigenvalue weighted by atomic mass is 10.0. The zero-order valence-corrected chi connectivity index (χ0v) is 16.8. The minimum absolute atomic E-state index is 0.163. The number of aromatic nitrogens is 4. The fourth-order valence-corrected chi connectivity index (χ4v) is 3.71. The number of aromatic amines is 1. The summed E-state index contributed by atoms with van der Waals surface area (Å²) >= 11 is 6.36. The fourth-order valence-electron chi connectivity index (χ4n) is 2.86. The molecular formula is C19H16ClN5O3S. The summed E-state index contributed by atoms with van der Waals surface area (Å²) in [5.74, 6) is -0.923. The Labute approximate surface area is 171 Å². The molecule has 4 aromatic rings. The number of nitrogens with zero attached hydrogens (tertiary/aromatic N) is 3. The Kier molecular flexibility index (Phi) is 4.85. The molecule has 10 heteroatoms. The third-order valence-electron chi connectivity index (χ3n) is 4.33. The Hall–Kier alpha value is -3.17. The minimum Gasteiger partial charge on any atom is -0.491 e. The van der Waals surface area contributed by atoms with Gasteiger partial charge in [-0.3, -0.25) is 9.82 Å². The molecule has 4 rings (SSSR count). The molecule has 0 radical (unpaired) electrons. The maximum absolute atomic E-state index is 12.0. The van der Waals surface area contributed by atoms with E-state index in [1.54, 1.807) is 12.3 Å². The maximum atomic E-state index is 12.0. The highest BCUT2D eigenvalue weighted by Gasteiger charge is 2.20. The van der Waals surface area contributed by atoms with Crippen LogP contribution in [0.15, 0.2) is 48.7 Å². The first-order valence-corrected chi connectivity index (χ1v) is 10.7. The van der Waals surface area contributed by atoms with Crippen molar-refractivity contribution >= 4 is 38.3 Å². The third-order valence-corrected chi connectivity index (χ3v) is 5.89. The number of hydrogen-bond acceptors (Lipinski definition) is 6. The van der Waals surface area contributed by atoms with Gasteiger partial charge in [0.25, 0.3) is 5.88 Å².